The van der Waals surface area contributed by atoms with Crippen LogP contribution in [0.1, 0.15) is 5.01 Å². The molecule has 1 N–H and O–H groups in total. The second-order valence-corrected chi connectivity index (χ2v) is 1.93. The number of aliphatic hydroxyl groups excluding tert-OH is 1. The summed E-state index contributed by atoms with van der Waals surface area (Å²) in [7, 11) is 0. The lowest BCUT2D eigenvalue weighted by atomic mass is 10.8. The molecule has 0 saturated heterocycles. The van der Waals surface area contributed by atoms with Crippen LogP contribution in [-0.2, 0) is 0 Å². The maximum Gasteiger partial charge on any atom is 0.138 e. The molecule has 1 heterocycles. The Labute approximate surface area is 45.5 Å². The van der Waals surface area contributed by atoms with Gasteiger partial charge in [-0.3, -0.25) is 0 Å². The molecule has 0 atom stereocenters. The lowest BCUT2D eigenvalue weighted by Crippen LogP contribution is -1.71. The number of hydrogen-bond donors (Lipinski definition) is 1. The van der Waals surface area contributed by atoms with E-state index in [0.717, 1.165) is 6.61 Å². The molecule has 0 amide bonds. The topological polar surface area (TPSA) is 33.1 Å². The highest BCUT2D eigenvalue weighted by Crippen LogP contribution is 2.02. The summed E-state index contributed by atoms with van der Waals surface area (Å²) in [6, 6.07) is 0. The van der Waals surface area contributed by atoms with Crippen LogP contribution in [-0.4, -0.2) is 10.1 Å². The molecule has 0 spiro atoms. The van der Waals surface area contributed by atoms with Crippen molar-refractivity contribution in [2.75, 3.05) is 0 Å². The molecule has 1 rings (SSSR count). The van der Waals surface area contributed by atoms with E-state index < -0.39 is 0 Å². The highest BCUT2D eigenvalue weighted by molar-refractivity contribution is 7.09. The fraction of sp³-hybridized carbons (Fsp3) is 0. The maximum absolute atomic E-state index is 8.25. The standard InChI is InChI=1S/C4H4NOS/c6-3-4-5-1-2-7-4/h1-3,6H. The third-order valence-corrected chi connectivity index (χ3v) is 1.27. The minimum Gasteiger partial charge on any atom is -0.383 e. The zero-order chi connectivity index (χ0) is 5.11. The molecule has 1 aromatic heterocycles. The van der Waals surface area contributed by atoms with Gasteiger partial charge in [0, 0.05) is 11.6 Å². The van der Waals surface area contributed by atoms with Crippen molar-refractivity contribution in [1.82, 2.24) is 4.98 Å². The van der Waals surface area contributed by atoms with E-state index >= 15 is 0 Å². The Morgan fingerprint density at radius 3 is 3.00 bits per heavy atom. The van der Waals surface area contributed by atoms with Crippen LogP contribution in [0.15, 0.2) is 11.6 Å². The Morgan fingerprint density at radius 1 is 1.86 bits per heavy atom. The third-order valence-electron chi connectivity index (χ3n) is 0.562. The Kier molecular flexibility index (Phi) is 1.38. The summed E-state index contributed by atoms with van der Waals surface area (Å²) in [6.07, 6.45) is 1.65. The van der Waals surface area contributed by atoms with Gasteiger partial charge in [0.2, 0.25) is 0 Å². The second kappa shape index (κ2) is 2.04. The molecular formula is C4H4NOS. The van der Waals surface area contributed by atoms with Crippen molar-refractivity contribution in [3.63, 3.8) is 0 Å². The summed E-state index contributed by atoms with van der Waals surface area (Å²) < 4.78 is 0. The van der Waals surface area contributed by atoms with Gasteiger partial charge in [0.15, 0.2) is 0 Å². The van der Waals surface area contributed by atoms with Crippen molar-refractivity contribution in [3.05, 3.63) is 23.2 Å². The molecule has 2 nitrogen and oxygen atoms in total. The number of hydrogen-bond acceptors (Lipinski definition) is 3. The lowest BCUT2D eigenvalue weighted by molar-refractivity contribution is 0.414. The summed E-state index contributed by atoms with van der Waals surface area (Å²) in [5.41, 5.74) is 0. The molecule has 1 aromatic rings. The van der Waals surface area contributed by atoms with Crippen LogP contribution in [0.3, 0.4) is 0 Å². The van der Waals surface area contributed by atoms with Gasteiger partial charge in [-0.15, -0.1) is 11.3 Å². The molecule has 37 valence electrons. The van der Waals surface area contributed by atoms with Gasteiger partial charge < -0.3 is 5.11 Å². The van der Waals surface area contributed by atoms with Gasteiger partial charge in [-0.25, -0.2) is 4.98 Å². The highest BCUT2D eigenvalue weighted by Gasteiger charge is 1.87. The first-order valence-corrected chi connectivity index (χ1v) is 2.68. The van der Waals surface area contributed by atoms with E-state index in [0.29, 0.717) is 5.01 Å². The summed E-state index contributed by atoms with van der Waals surface area (Å²) in [4.78, 5) is 3.75. The number of thiazole rings is 1. The first kappa shape index (κ1) is 4.74. The zero-order valence-electron chi connectivity index (χ0n) is 3.53. The van der Waals surface area contributed by atoms with Gasteiger partial charge in [0.25, 0.3) is 0 Å². The van der Waals surface area contributed by atoms with Crippen LogP contribution in [0.4, 0.5) is 0 Å². The van der Waals surface area contributed by atoms with Crippen molar-refractivity contribution in [1.29, 1.82) is 0 Å². The minimum absolute atomic E-state index is 0.653. The molecule has 0 fully saturated rings. The van der Waals surface area contributed by atoms with Crippen LogP contribution in [0.2, 0.25) is 0 Å². The van der Waals surface area contributed by atoms with Gasteiger partial charge in [0.05, 0.1) is 0 Å². The molecule has 0 aromatic carbocycles. The molecule has 0 aliphatic carbocycles. The smallest absolute Gasteiger partial charge is 0.138 e. The van der Waals surface area contributed by atoms with E-state index in [1.807, 2.05) is 5.38 Å². The highest BCUT2D eigenvalue weighted by atomic mass is 32.1. The molecule has 3 heteroatoms. The first-order chi connectivity index (χ1) is 3.43. The van der Waals surface area contributed by atoms with Crippen molar-refractivity contribution in [2.45, 2.75) is 0 Å². The van der Waals surface area contributed by atoms with Gasteiger partial charge in [-0.2, -0.15) is 0 Å². The first-order valence-electron chi connectivity index (χ1n) is 1.80. The predicted molar refractivity (Wildman–Crippen MR) is 27.5 cm³/mol. The predicted octanol–water partition coefficient (Wildman–Crippen LogP) is 1.03. The number of rotatable bonds is 1. The molecule has 0 aliphatic rings. The van der Waals surface area contributed by atoms with E-state index in [-0.39, 0.29) is 0 Å². The fourth-order valence-corrected chi connectivity index (χ4v) is 0.742. The van der Waals surface area contributed by atoms with Gasteiger partial charge in [-0.05, 0) is 0 Å². The van der Waals surface area contributed by atoms with E-state index in [1.165, 1.54) is 11.3 Å². The van der Waals surface area contributed by atoms with Crippen LogP contribution in [0, 0.1) is 6.61 Å². The molecular weight excluding hydrogens is 110 g/mol. The Hall–Kier alpha value is -0.410. The summed E-state index contributed by atoms with van der Waals surface area (Å²) >= 11 is 1.41. The average Bonchev–Trinajstić information content (AvgIpc) is 2.14. The molecule has 7 heavy (non-hydrogen) atoms. The SMILES string of the molecule is O[CH]c1nccs1. The second-order valence-electron chi connectivity index (χ2n) is 0.999. The third kappa shape index (κ3) is 0.976. The average molecular weight is 114 g/mol. The molecule has 0 saturated carbocycles. The van der Waals surface area contributed by atoms with Gasteiger partial charge in [-0.1, -0.05) is 0 Å². The molecule has 1 radical (unpaired) electrons. The van der Waals surface area contributed by atoms with Crippen molar-refractivity contribution >= 4 is 11.3 Å². The van der Waals surface area contributed by atoms with Crippen LogP contribution < -0.4 is 0 Å². The van der Waals surface area contributed by atoms with Crippen LogP contribution >= 0.6 is 11.3 Å². The number of aliphatic hydroxyl groups is 1. The Balaban J connectivity index is 2.76. The molecule has 0 unspecified atom stereocenters. The van der Waals surface area contributed by atoms with Crippen molar-refractivity contribution in [3.8, 4) is 0 Å². The molecule has 0 bridgehead atoms. The van der Waals surface area contributed by atoms with E-state index in [4.69, 9.17) is 5.11 Å². The van der Waals surface area contributed by atoms with Gasteiger partial charge >= 0.3 is 0 Å². The normalized spacial score (nSPS) is 9.29. The quantitative estimate of drug-likeness (QED) is 0.591. The van der Waals surface area contributed by atoms with E-state index in [1.54, 1.807) is 6.20 Å². The number of nitrogens with zero attached hydrogens (tertiary/aromatic N) is 1. The molecule has 0 aliphatic heterocycles. The lowest BCUT2D eigenvalue weighted by Gasteiger charge is -1.75. The number of aromatic nitrogens is 1. The van der Waals surface area contributed by atoms with Crippen molar-refractivity contribution in [2.24, 2.45) is 0 Å². The van der Waals surface area contributed by atoms with E-state index in [9.17, 15) is 0 Å². The summed E-state index contributed by atoms with van der Waals surface area (Å²) in [5.74, 6) is 0. The maximum atomic E-state index is 8.25. The zero-order valence-corrected chi connectivity index (χ0v) is 4.35. The minimum atomic E-state index is 0.653. The fourth-order valence-electron chi connectivity index (χ4n) is 0.298. The van der Waals surface area contributed by atoms with Crippen LogP contribution in [0.25, 0.3) is 0 Å². The Bertz CT molecular complexity index is 126. The summed E-state index contributed by atoms with van der Waals surface area (Å²) in [6.45, 7) is 0.991. The van der Waals surface area contributed by atoms with E-state index in [2.05, 4.69) is 4.98 Å². The van der Waals surface area contributed by atoms with Crippen molar-refractivity contribution < 1.29 is 5.11 Å². The van der Waals surface area contributed by atoms with Gasteiger partial charge in [0.1, 0.15) is 11.6 Å². The monoisotopic (exact) mass is 114 g/mol. The largest absolute Gasteiger partial charge is 0.383 e. The summed E-state index contributed by atoms with van der Waals surface area (Å²) in [5, 5.41) is 10.7. The van der Waals surface area contributed by atoms with Crippen LogP contribution in [0.5, 0.6) is 0 Å². The Morgan fingerprint density at radius 2 is 2.71 bits per heavy atom.